The SMILES string of the molecule is CC1(C)CC(=O)C2=C(C1)Nc1ccccc1N(C(=O)C1CC1)C2c1ccc(Cl)cc1Cl. The van der Waals surface area contributed by atoms with E-state index in [4.69, 9.17) is 23.2 Å². The van der Waals surface area contributed by atoms with Crippen LogP contribution in [-0.4, -0.2) is 11.7 Å². The molecule has 2 aromatic rings. The van der Waals surface area contributed by atoms with Crippen LogP contribution < -0.4 is 10.2 Å². The fraction of sp³-hybridized carbons (Fsp3) is 0.360. The van der Waals surface area contributed by atoms with Crippen molar-refractivity contribution >= 4 is 46.3 Å². The number of allylic oxidation sites excluding steroid dienone is 1. The second-order valence-electron chi connectivity index (χ2n) is 9.53. The lowest BCUT2D eigenvalue weighted by molar-refractivity contribution is -0.120. The molecular formula is C25H24Cl2N2O2. The molecule has 0 saturated heterocycles. The van der Waals surface area contributed by atoms with Gasteiger partial charge in [-0.25, -0.2) is 0 Å². The van der Waals surface area contributed by atoms with Crippen LogP contribution in [0.15, 0.2) is 53.7 Å². The van der Waals surface area contributed by atoms with E-state index in [1.165, 1.54) is 0 Å². The van der Waals surface area contributed by atoms with E-state index in [1.807, 2.05) is 30.3 Å². The summed E-state index contributed by atoms with van der Waals surface area (Å²) in [4.78, 5) is 29.0. The zero-order valence-corrected chi connectivity index (χ0v) is 19.1. The van der Waals surface area contributed by atoms with Crippen LogP contribution in [0.3, 0.4) is 0 Å². The molecule has 31 heavy (non-hydrogen) atoms. The van der Waals surface area contributed by atoms with Crippen LogP contribution in [0, 0.1) is 11.3 Å². The third-order valence-electron chi connectivity index (χ3n) is 6.32. The second-order valence-corrected chi connectivity index (χ2v) is 10.4. The lowest BCUT2D eigenvalue weighted by Crippen LogP contribution is -2.40. The predicted molar refractivity (Wildman–Crippen MR) is 125 cm³/mol. The second kappa shape index (κ2) is 7.39. The van der Waals surface area contributed by atoms with Crippen LogP contribution in [0.4, 0.5) is 11.4 Å². The maximum atomic E-state index is 13.6. The number of Topliss-reactive ketones (excluding diaryl/α,β-unsaturated/α-hetero) is 1. The number of ketones is 1. The number of para-hydroxylation sites is 2. The van der Waals surface area contributed by atoms with E-state index in [2.05, 4.69) is 19.2 Å². The number of hydrogen-bond donors (Lipinski definition) is 1. The lowest BCUT2D eigenvalue weighted by Gasteiger charge is -2.37. The molecule has 5 rings (SSSR count). The highest BCUT2D eigenvalue weighted by molar-refractivity contribution is 6.35. The van der Waals surface area contributed by atoms with Gasteiger partial charge in [0.1, 0.15) is 0 Å². The molecule has 1 fully saturated rings. The summed E-state index contributed by atoms with van der Waals surface area (Å²) in [5.74, 6) is 0.0757. The van der Waals surface area contributed by atoms with Gasteiger partial charge in [0.2, 0.25) is 5.91 Å². The fourth-order valence-electron chi connectivity index (χ4n) is 4.77. The highest BCUT2D eigenvalue weighted by Gasteiger charge is 2.46. The number of rotatable bonds is 2. The Labute approximate surface area is 192 Å². The van der Waals surface area contributed by atoms with Crippen LogP contribution in [0.25, 0.3) is 0 Å². The third kappa shape index (κ3) is 3.66. The first kappa shape index (κ1) is 20.6. The van der Waals surface area contributed by atoms with Crippen molar-refractivity contribution in [2.45, 2.75) is 45.6 Å². The summed E-state index contributed by atoms with van der Waals surface area (Å²) in [6.45, 7) is 4.20. The molecule has 1 saturated carbocycles. The van der Waals surface area contributed by atoms with Crippen LogP contribution in [-0.2, 0) is 9.59 Å². The van der Waals surface area contributed by atoms with Gasteiger partial charge in [0.05, 0.1) is 17.4 Å². The van der Waals surface area contributed by atoms with Gasteiger partial charge in [-0.1, -0.05) is 55.2 Å². The van der Waals surface area contributed by atoms with Crippen molar-refractivity contribution in [2.24, 2.45) is 11.3 Å². The van der Waals surface area contributed by atoms with Crippen molar-refractivity contribution in [1.29, 1.82) is 0 Å². The Kier molecular flexibility index (Phi) is 4.91. The molecule has 1 atom stereocenters. The first-order valence-electron chi connectivity index (χ1n) is 10.7. The smallest absolute Gasteiger partial charge is 0.231 e. The maximum Gasteiger partial charge on any atom is 0.231 e. The van der Waals surface area contributed by atoms with Gasteiger partial charge in [-0.05, 0) is 54.5 Å². The molecule has 3 aliphatic rings. The van der Waals surface area contributed by atoms with Crippen molar-refractivity contribution in [3.63, 3.8) is 0 Å². The molecule has 0 bridgehead atoms. The maximum absolute atomic E-state index is 13.6. The number of nitrogens with one attached hydrogen (secondary N) is 1. The molecular weight excluding hydrogens is 431 g/mol. The number of benzene rings is 2. The minimum absolute atomic E-state index is 0.0149. The average Bonchev–Trinajstić information content (AvgIpc) is 3.52. The fourth-order valence-corrected chi connectivity index (χ4v) is 5.29. The van der Waals surface area contributed by atoms with Crippen molar-refractivity contribution in [3.05, 3.63) is 69.3 Å². The van der Waals surface area contributed by atoms with Crippen LogP contribution in [0.1, 0.15) is 51.1 Å². The Hall–Kier alpha value is -2.30. The zero-order valence-electron chi connectivity index (χ0n) is 17.5. The molecule has 0 aromatic heterocycles. The summed E-state index contributed by atoms with van der Waals surface area (Å²) in [7, 11) is 0. The van der Waals surface area contributed by atoms with E-state index >= 15 is 0 Å². The summed E-state index contributed by atoms with van der Waals surface area (Å²) in [6, 6.07) is 12.5. The van der Waals surface area contributed by atoms with E-state index in [-0.39, 0.29) is 23.0 Å². The first-order chi connectivity index (χ1) is 14.7. The molecule has 1 amide bonds. The molecule has 2 aliphatic carbocycles. The first-order valence-corrected chi connectivity index (χ1v) is 11.4. The van der Waals surface area contributed by atoms with E-state index in [9.17, 15) is 9.59 Å². The standard InChI is InChI=1S/C25H24Cl2N2O2/c1-25(2)12-19-22(21(30)13-25)23(16-10-9-15(26)11-17(16)27)29(24(31)14-7-8-14)20-6-4-3-5-18(20)28-19/h3-6,9-11,14,23,28H,7-8,12-13H2,1-2H3. The molecule has 0 spiro atoms. The molecule has 1 heterocycles. The Morgan fingerprint density at radius 3 is 2.55 bits per heavy atom. The minimum atomic E-state index is -0.590. The molecule has 1 aliphatic heterocycles. The third-order valence-corrected chi connectivity index (χ3v) is 6.88. The van der Waals surface area contributed by atoms with Gasteiger partial charge in [-0.15, -0.1) is 0 Å². The number of fused-ring (bicyclic) bond motifs is 1. The van der Waals surface area contributed by atoms with Crippen molar-refractivity contribution in [1.82, 2.24) is 0 Å². The van der Waals surface area contributed by atoms with E-state index in [0.29, 0.717) is 22.0 Å². The number of halogens is 2. The van der Waals surface area contributed by atoms with E-state index < -0.39 is 6.04 Å². The quantitative estimate of drug-likeness (QED) is 0.559. The molecule has 2 aromatic carbocycles. The monoisotopic (exact) mass is 454 g/mol. The van der Waals surface area contributed by atoms with Gasteiger partial charge in [0.25, 0.3) is 0 Å². The highest BCUT2D eigenvalue weighted by Crippen LogP contribution is 2.50. The molecule has 6 heteroatoms. The Morgan fingerprint density at radius 1 is 1.10 bits per heavy atom. The number of nitrogens with zero attached hydrogens (tertiary/aromatic N) is 1. The van der Waals surface area contributed by atoms with Crippen LogP contribution in [0.2, 0.25) is 10.0 Å². The predicted octanol–water partition coefficient (Wildman–Crippen LogP) is 6.55. The number of amides is 1. The van der Waals surface area contributed by atoms with Gasteiger partial charge in [0.15, 0.2) is 5.78 Å². The van der Waals surface area contributed by atoms with Gasteiger partial charge < -0.3 is 5.32 Å². The normalized spacial score (nSPS) is 22.4. The van der Waals surface area contributed by atoms with Crippen molar-refractivity contribution in [2.75, 3.05) is 10.2 Å². The average molecular weight is 455 g/mol. The number of hydrogen-bond acceptors (Lipinski definition) is 3. The van der Waals surface area contributed by atoms with Crippen molar-refractivity contribution in [3.8, 4) is 0 Å². The molecule has 0 radical (unpaired) electrons. The number of carbonyl (C=O) groups excluding carboxylic acids is 2. The Balaban J connectivity index is 1.80. The summed E-state index contributed by atoms with van der Waals surface area (Å²) < 4.78 is 0. The van der Waals surface area contributed by atoms with Crippen LogP contribution >= 0.6 is 23.2 Å². The van der Waals surface area contributed by atoms with Gasteiger partial charge in [0, 0.05) is 33.7 Å². The minimum Gasteiger partial charge on any atom is -0.357 e. The van der Waals surface area contributed by atoms with Crippen LogP contribution in [0.5, 0.6) is 0 Å². The number of carbonyl (C=O) groups is 2. The topological polar surface area (TPSA) is 49.4 Å². The largest absolute Gasteiger partial charge is 0.357 e. The summed E-state index contributed by atoms with van der Waals surface area (Å²) in [5, 5.41) is 4.49. The molecule has 1 N–H and O–H groups in total. The summed E-state index contributed by atoms with van der Waals surface area (Å²) in [5.41, 5.74) is 3.67. The molecule has 4 nitrogen and oxygen atoms in total. The summed E-state index contributed by atoms with van der Waals surface area (Å²) >= 11 is 12.8. The van der Waals surface area contributed by atoms with Gasteiger partial charge >= 0.3 is 0 Å². The van der Waals surface area contributed by atoms with E-state index in [1.54, 1.807) is 17.0 Å². The highest BCUT2D eigenvalue weighted by atomic mass is 35.5. The zero-order chi connectivity index (χ0) is 21.9. The van der Waals surface area contributed by atoms with Crippen molar-refractivity contribution < 1.29 is 9.59 Å². The Bertz CT molecular complexity index is 1130. The molecule has 1 unspecified atom stereocenters. The molecule has 160 valence electrons. The van der Waals surface area contributed by atoms with Gasteiger partial charge in [-0.3, -0.25) is 14.5 Å². The summed E-state index contributed by atoms with van der Waals surface area (Å²) in [6.07, 6.45) is 2.89. The van der Waals surface area contributed by atoms with E-state index in [0.717, 1.165) is 41.9 Å². The van der Waals surface area contributed by atoms with Gasteiger partial charge in [-0.2, -0.15) is 0 Å². The Morgan fingerprint density at radius 2 is 1.84 bits per heavy atom. The lowest BCUT2D eigenvalue weighted by atomic mass is 9.73. The number of anilines is 2.